The lowest BCUT2D eigenvalue weighted by atomic mass is 10.0. The molecule has 0 saturated heterocycles. The second-order valence-electron chi connectivity index (χ2n) is 4.31. The lowest BCUT2D eigenvalue weighted by Crippen LogP contribution is -2.35. The molecule has 0 radical (unpaired) electrons. The fourth-order valence-corrected chi connectivity index (χ4v) is 1.65. The zero-order valence-corrected chi connectivity index (χ0v) is 10.2. The Kier molecular flexibility index (Phi) is 4.93. The monoisotopic (exact) mass is 223 g/mol. The molecule has 0 bridgehead atoms. The Morgan fingerprint density at radius 1 is 1.00 bits per heavy atom. The first-order valence-corrected chi connectivity index (χ1v) is 5.60. The summed E-state index contributed by atoms with van der Waals surface area (Å²) >= 11 is 0. The first-order valence-electron chi connectivity index (χ1n) is 5.60. The molecule has 1 rings (SSSR count). The minimum atomic E-state index is -0.235. The van der Waals surface area contributed by atoms with E-state index in [0.717, 1.165) is 0 Å². The molecule has 0 aliphatic carbocycles. The molecule has 0 fully saturated rings. The summed E-state index contributed by atoms with van der Waals surface area (Å²) in [6.07, 6.45) is 0. The van der Waals surface area contributed by atoms with Crippen LogP contribution in [-0.4, -0.2) is 29.5 Å². The topological polar surface area (TPSA) is 52.5 Å². The summed E-state index contributed by atoms with van der Waals surface area (Å²) in [5.74, 6) is 0. The van der Waals surface area contributed by atoms with Crippen LogP contribution in [0.3, 0.4) is 0 Å². The van der Waals surface area contributed by atoms with E-state index in [1.165, 1.54) is 22.3 Å². The first-order chi connectivity index (χ1) is 7.58. The summed E-state index contributed by atoms with van der Waals surface area (Å²) < 4.78 is 0. The van der Waals surface area contributed by atoms with Crippen molar-refractivity contribution >= 4 is 0 Å². The molecule has 1 aromatic rings. The standard InChI is InChI=1S/C13H21NO2/c1-9-4-11(3)12(5-10(9)2)6-14-13(7-15)8-16/h4-5,13-16H,6-8H2,1-3H3. The normalized spacial score (nSPS) is 11.1. The van der Waals surface area contributed by atoms with Crippen LogP contribution in [0.15, 0.2) is 12.1 Å². The zero-order valence-electron chi connectivity index (χ0n) is 10.2. The van der Waals surface area contributed by atoms with E-state index >= 15 is 0 Å². The number of hydrogen-bond donors (Lipinski definition) is 3. The fraction of sp³-hybridized carbons (Fsp3) is 0.538. The zero-order chi connectivity index (χ0) is 12.1. The number of hydrogen-bond acceptors (Lipinski definition) is 3. The van der Waals surface area contributed by atoms with E-state index in [2.05, 4.69) is 38.2 Å². The van der Waals surface area contributed by atoms with E-state index in [1.807, 2.05) is 0 Å². The third kappa shape index (κ3) is 3.30. The van der Waals surface area contributed by atoms with Crippen molar-refractivity contribution in [1.29, 1.82) is 0 Å². The van der Waals surface area contributed by atoms with Gasteiger partial charge in [-0.2, -0.15) is 0 Å². The second-order valence-corrected chi connectivity index (χ2v) is 4.31. The molecule has 0 heterocycles. The quantitative estimate of drug-likeness (QED) is 0.699. The maximum atomic E-state index is 8.95. The predicted octanol–water partition coefficient (Wildman–Crippen LogP) is 1.05. The molecule has 0 aliphatic rings. The van der Waals surface area contributed by atoms with Crippen molar-refractivity contribution in [2.45, 2.75) is 33.4 Å². The molecule has 0 atom stereocenters. The number of benzene rings is 1. The van der Waals surface area contributed by atoms with Crippen LogP contribution < -0.4 is 5.32 Å². The summed E-state index contributed by atoms with van der Waals surface area (Å²) in [6, 6.07) is 4.09. The molecule has 16 heavy (non-hydrogen) atoms. The molecule has 1 aromatic carbocycles. The van der Waals surface area contributed by atoms with Gasteiger partial charge in [-0.25, -0.2) is 0 Å². The van der Waals surface area contributed by atoms with Gasteiger partial charge in [0.2, 0.25) is 0 Å². The molecule has 90 valence electrons. The van der Waals surface area contributed by atoms with E-state index in [9.17, 15) is 0 Å². The van der Waals surface area contributed by atoms with E-state index in [0.29, 0.717) is 6.54 Å². The Hall–Kier alpha value is -0.900. The lowest BCUT2D eigenvalue weighted by molar-refractivity contribution is 0.170. The average molecular weight is 223 g/mol. The molecule has 3 N–H and O–H groups in total. The minimum Gasteiger partial charge on any atom is -0.395 e. The summed E-state index contributed by atoms with van der Waals surface area (Å²) in [4.78, 5) is 0. The van der Waals surface area contributed by atoms with E-state index < -0.39 is 0 Å². The largest absolute Gasteiger partial charge is 0.395 e. The summed E-state index contributed by atoms with van der Waals surface area (Å²) in [7, 11) is 0. The number of aliphatic hydroxyl groups excluding tert-OH is 2. The van der Waals surface area contributed by atoms with Crippen molar-refractivity contribution in [3.05, 3.63) is 34.4 Å². The molecule has 0 saturated carbocycles. The van der Waals surface area contributed by atoms with Gasteiger partial charge in [0.15, 0.2) is 0 Å². The molecule has 3 heteroatoms. The number of nitrogens with one attached hydrogen (secondary N) is 1. The third-order valence-corrected chi connectivity index (χ3v) is 2.97. The lowest BCUT2D eigenvalue weighted by Gasteiger charge is -2.15. The van der Waals surface area contributed by atoms with Gasteiger partial charge in [0.1, 0.15) is 0 Å². The van der Waals surface area contributed by atoms with E-state index in [1.54, 1.807) is 0 Å². The predicted molar refractivity (Wildman–Crippen MR) is 65.5 cm³/mol. The van der Waals surface area contributed by atoms with Gasteiger partial charge in [-0.15, -0.1) is 0 Å². The van der Waals surface area contributed by atoms with Gasteiger partial charge >= 0.3 is 0 Å². The summed E-state index contributed by atoms with van der Waals surface area (Å²) in [6.45, 7) is 6.87. The van der Waals surface area contributed by atoms with Crippen LogP contribution in [0.5, 0.6) is 0 Å². The highest BCUT2D eigenvalue weighted by molar-refractivity contribution is 5.36. The van der Waals surface area contributed by atoms with Gasteiger partial charge in [0, 0.05) is 6.54 Å². The van der Waals surface area contributed by atoms with Gasteiger partial charge in [-0.05, 0) is 43.0 Å². The highest BCUT2D eigenvalue weighted by Crippen LogP contribution is 2.15. The molecule has 0 spiro atoms. The van der Waals surface area contributed by atoms with E-state index in [4.69, 9.17) is 10.2 Å². The Balaban J connectivity index is 2.70. The van der Waals surface area contributed by atoms with Gasteiger partial charge in [0.05, 0.1) is 19.3 Å². The SMILES string of the molecule is Cc1cc(C)c(CNC(CO)CO)cc1C. The van der Waals surface area contributed by atoms with Crippen LogP contribution in [-0.2, 0) is 6.54 Å². The first kappa shape index (κ1) is 13.2. The molecule has 0 aromatic heterocycles. The highest BCUT2D eigenvalue weighted by Gasteiger charge is 2.06. The maximum absolute atomic E-state index is 8.95. The smallest absolute Gasteiger partial charge is 0.0607 e. The number of aryl methyl sites for hydroxylation is 3. The summed E-state index contributed by atoms with van der Waals surface area (Å²) in [5.41, 5.74) is 5.02. The average Bonchev–Trinajstić information content (AvgIpc) is 2.26. The minimum absolute atomic E-state index is 0.0413. The molecular weight excluding hydrogens is 202 g/mol. The molecule has 0 aliphatic heterocycles. The van der Waals surface area contributed by atoms with Gasteiger partial charge in [-0.1, -0.05) is 12.1 Å². The summed E-state index contributed by atoms with van der Waals surface area (Å²) in [5, 5.41) is 21.0. The number of rotatable bonds is 5. The maximum Gasteiger partial charge on any atom is 0.0607 e. The van der Waals surface area contributed by atoms with Crippen molar-refractivity contribution < 1.29 is 10.2 Å². The van der Waals surface area contributed by atoms with Crippen molar-refractivity contribution in [2.75, 3.05) is 13.2 Å². The van der Waals surface area contributed by atoms with Crippen molar-refractivity contribution in [3.63, 3.8) is 0 Å². The van der Waals surface area contributed by atoms with E-state index in [-0.39, 0.29) is 19.3 Å². The van der Waals surface area contributed by atoms with Crippen molar-refractivity contribution in [2.24, 2.45) is 0 Å². The highest BCUT2D eigenvalue weighted by atomic mass is 16.3. The Bertz CT molecular complexity index is 346. The number of aliphatic hydroxyl groups is 2. The molecule has 0 unspecified atom stereocenters. The Morgan fingerprint density at radius 2 is 1.56 bits per heavy atom. The van der Waals surface area contributed by atoms with Crippen LogP contribution in [0, 0.1) is 20.8 Å². The van der Waals surface area contributed by atoms with Gasteiger partial charge < -0.3 is 15.5 Å². The van der Waals surface area contributed by atoms with Gasteiger partial charge in [-0.3, -0.25) is 0 Å². The third-order valence-electron chi connectivity index (χ3n) is 2.97. The Labute approximate surface area is 97.1 Å². The van der Waals surface area contributed by atoms with Crippen LogP contribution in [0.1, 0.15) is 22.3 Å². The van der Waals surface area contributed by atoms with Crippen LogP contribution in [0.2, 0.25) is 0 Å². The second kappa shape index (κ2) is 5.99. The van der Waals surface area contributed by atoms with Crippen LogP contribution in [0.25, 0.3) is 0 Å². The fourth-order valence-electron chi connectivity index (χ4n) is 1.65. The van der Waals surface area contributed by atoms with Crippen LogP contribution >= 0.6 is 0 Å². The van der Waals surface area contributed by atoms with Crippen LogP contribution in [0.4, 0.5) is 0 Å². The van der Waals surface area contributed by atoms with Crippen molar-refractivity contribution in [1.82, 2.24) is 5.32 Å². The van der Waals surface area contributed by atoms with Gasteiger partial charge in [0.25, 0.3) is 0 Å². The molecule has 0 amide bonds. The van der Waals surface area contributed by atoms with Crippen molar-refractivity contribution in [3.8, 4) is 0 Å². The molecular formula is C13H21NO2. The molecule has 3 nitrogen and oxygen atoms in total. The Morgan fingerprint density at radius 3 is 2.12 bits per heavy atom.